The Balaban J connectivity index is 2.83. The van der Waals surface area contributed by atoms with Crippen LogP contribution in [0.5, 0.6) is 11.5 Å². The maximum Gasteiger partial charge on any atom is 0.508 e. The number of carbonyl (C=O) groups excluding carboxylic acids is 3. The molecular formula is C24H35NO9. The largest absolute Gasteiger partial charge is 0.508 e. The van der Waals surface area contributed by atoms with Crippen LogP contribution >= 0.6 is 0 Å². The fourth-order valence-electron chi connectivity index (χ4n) is 2.54. The normalized spacial score (nSPS) is 12.9. The molecule has 2 N–H and O–H groups in total. The highest BCUT2D eigenvalue weighted by Crippen LogP contribution is 2.30. The number of benzene rings is 1. The number of carbonyl (C=O) groups is 4. The summed E-state index contributed by atoms with van der Waals surface area (Å²) >= 11 is 0. The van der Waals surface area contributed by atoms with Crippen LogP contribution in [0.1, 0.15) is 59.9 Å². The molecule has 0 spiro atoms. The number of carboxylic acids is 1. The summed E-state index contributed by atoms with van der Waals surface area (Å²) in [6.07, 6.45) is -1.17. The van der Waals surface area contributed by atoms with Gasteiger partial charge in [-0.3, -0.25) is 14.4 Å². The van der Waals surface area contributed by atoms with E-state index in [0.717, 1.165) is 0 Å². The third-order valence-electron chi connectivity index (χ3n) is 4.34. The van der Waals surface area contributed by atoms with Crippen molar-refractivity contribution in [1.29, 1.82) is 0 Å². The van der Waals surface area contributed by atoms with Gasteiger partial charge in [-0.1, -0.05) is 40.7 Å². The van der Waals surface area contributed by atoms with Crippen LogP contribution in [-0.2, 0) is 30.3 Å². The molecule has 1 unspecified atom stereocenters. The molecule has 10 heteroatoms. The van der Waals surface area contributed by atoms with Crippen molar-refractivity contribution < 1.29 is 43.2 Å². The van der Waals surface area contributed by atoms with Crippen molar-refractivity contribution in [2.75, 3.05) is 13.2 Å². The average Bonchev–Trinajstić information content (AvgIpc) is 2.75. The number of hydrogen-bond donors (Lipinski definition) is 2. The molecule has 0 bridgehead atoms. The van der Waals surface area contributed by atoms with E-state index in [1.165, 1.54) is 12.1 Å². The van der Waals surface area contributed by atoms with Gasteiger partial charge in [0.05, 0.1) is 6.61 Å². The highest BCUT2D eigenvalue weighted by molar-refractivity contribution is 5.76. The minimum Gasteiger partial charge on any atom is -0.480 e. The number of ether oxygens (including phenoxy) is 4. The molecule has 1 aromatic rings. The minimum atomic E-state index is -1.11. The highest BCUT2D eigenvalue weighted by atomic mass is 16.7. The summed E-state index contributed by atoms with van der Waals surface area (Å²) in [6, 6.07) is 3.49. The van der Waals surface area contributed by atoms with E-state index in [2.05, 4.69) is 5.32 Å². The van der Waals surface area contributed by atoms with E-state index >= 15 is 0 Å². The molecular weight excluding hydrogens is 446 g/mol. The first-order valence-electron chi connectivity index (χ1n) is 11.2. The van der Waals surface area contributed by atoms with Crippen LogP contribution in [0.3, 0.4) is 0 Å². The van der Waals surface area contributed by atoms with Gasteiger partial charge in [0.2, 0.25) is 0 Å². The van der Waals surface area contributed by atoms with E-state index in [0.29, 0.717) is 5.56 Å². The van der Waals surface area contributed by atoms with E-state index in [1.807, 2.05) is 20.8 Å². The Morgan fingerprint density at radius 1 is 1.00 bits per heavy atom. The smallest absolute Gasteiger partial charge is 0.480 e. The van der Waals surface area contributed by atoms with E-state index in [4.69, 9.17) is 18.9 Å². The molecule has 1 aromatic carbocycles. The number of esters is 2. The Labute approximate surface area is 199 Å². The standard InChI is InChI=1S/C24H35NO9/c1-7-20(26)33-18-10-9-16(12-19(18)34-21(27)8-2)11-17(22(28)29)25-13-15(3)32-23(30)31-14-24(4,5)6/h9-10,12,15,17,25H,7-8,11,13-14H2,1-6H3,(H,28,29)/t15?,17-/m0/s1. The maximum atomic E-state index is 11.8. The van der Waals surface area contributed by atoms with Crippen molar-refractivity contribution in [3.8, 4) is 11.5 Å². The fourth-order valence-corrected chi connectivity index (χ4v) is 2.54. The predicted octanol–water partition coefficient (Wildman–Crippen LogP) is 3.49. The molecule has 0 fully saturated rings. The van der Waals surface area contributed by atoms with Gasteiger partial charge in [-0.15, -0.1) is 0 Å². The molecule has 2 atom stereocenters. The van der Waals surface area contributed by atoms with Gasteiger partial charge in [0.15, 0.2) is 11.5 Å². The van der Waals surface area contributed by atoms with Gasteiger partial charge in [-0.2, -0.15) is 0 Å². The van der Waals surface area contributed by atoms with E-state index in [-0.39, 0.29) is 49.3 Å². The molecule has 0 aromatic heterocycles. The summed E-state index contributed by atoms with van der Waals surface area (Å²) < 4.78 is 20.6. The molecule has 0 heterocycles. The number of nitrogens with one attached hydrogen (secondary N) is 1. The Morgan fingerprint density at radius 3 is 2.12 bits per heavy atom. The van der Waals surface area contributed by atoms with Crippen LogP contribution in [0.2, 0.25) is 0 Å². The quantitative estimate of drug-likeness (QED) is 0.337. The van der Waals surface area contributed by atoms with E-state index < -0.39 is 36.2 Å². The Morgan fingerprint density at radius 2 is 1.59 bits per heavy atom. The van der Waals surface area contributed by atoms with E-state index in [9.17, 15) is 24.3 Å². The summed E-state index contributed by atoms with van der Waals surface area (Å²) in [5.74, 6) is -2.03. The molecule has 0 amide bonds. The van der Waals surface area contributed by atoms with Gasteiger partial charge in [0.25, 0.3) is 0 Å². The molecule has 10 nitrogen and oxygen atoms in total. The molecule has 0 aliphatic rings. The number of hydrogen-bond acceptors (Lipinski definition) is 9. The molecule has 0 radical (unpaired) electrons. The zero-order valence-electron chi connectivity index (χ0n) is 20.6. The average molecular weight is 482 g/mol. The number of carboxylic acid groups (broad SMARTS) is 1. The topological polar surface area (TPSA) is 137 Å². The van der Waals surface area contributed by atoms with Gasteiger partial charge in [0.1, 0.15) is 12.1 Å². The minimum absolute atomic E-state index is 0.0357. The van der Waals surface area contributed by atoms with Crippen LogP contribution in [0.15, 0.2) is 18.2 Å². The van der Waals surface area contributed by atoms with Crippen molar-refractivity contribution in [3.63, 3.8) is 0 Å². The highest BCUT2D eigenvalue weighted by Gasteiger charge is 2.22. The maximum absolute atomic E-state index is 11.8. The second kappa shape index (κ2) is 13.5. The number of aliphatic carboxylic acids is 1. The Hall–Kier alpha value is -3.14. The molecule has 0 aliphatic heterocycles. The van der Waals surface area contributed by atoms with Crippen LogP contribution in [0.4, 0.5) is 4.79 Å². The summed E-state index contributed by atoms with van der Waals surface area (Å²) in [7, 11) is 0. The summed E-state index contributed by atoms with van der Waals surface area (Å²) in [4.78, 5) is 47.0. The zero-order chi connectivity index (χ0) is 25.9. The lowest BCUT2D eigenvalue weighted by atomic mass is 9.99. The third kappa shape index (κ3) is 11.1. The first-order valence-corrected chi connectivity index (χ1v) is 11.2. The molecule has 0 aliphatic carbocycles. The first kappa shape index (κ1) is 28.9. The zero-order valence-corrected chi connectivity index (χ0v) is 20.6. The second-order valence-corrected chi connectivity index (χ2v) is 8.97. The van der Waals surface area contributed by atoms with Crippen molar-refractivity contribution >= 4 is 24.1 Å². The monoisotopic (exact) mass is 481 g/mol. The lowest BCUT2D eigenvalue weighted by molar-refractivity contribution is -0.139. The number of rotatable bonds is 12. The fraction of sp³-hybridized carbons (Fsp3) is 0.583. The Bertz CT molecular complexity index is 860. The van der Waals surface area contributed by atoms with Crippen molar-refractivity contribution in [1.82, 2.24) is 5.32 Å². The van der Waals surface area contributed by atoms with Gasteiger partial charge in [-0.05, 0) is 36.5 Å². The van der Waals surface area contributed by atoms with Crippen LogP contribution in [0, 0.1) is 5.41 Å². The molecule has 0 saturated heterocycles. The molecule has 0 saturated carbocycles. The molecule has 34 heavy (non-hydrogen) atoms. The van der Waals surface area contributed by atoms with Gasteiger partial charge >= 0.3 is 24.1 Å². The van der Waals surface area contributed by atoms with Crippen LogP contribution < -0.4 is 14.8 Å². The third-order valence-corrected chi connectivity index (χ3v) is 4.34. The van der Waals surface area contributed by atoms with E-state index in [1.54, 1.807) is 26.8 Å². The first-order chi connectivity index (χ1) is 15.8. The summed E-state index contributed by atoms with van der Waals surface area (Å²) in [5.41, 5.74) is 0.331. The van der Waals surface area contributed by atoms with Crippen molar-refractivity contribution in [2.24, 2.45) is 5.41 Å². The lowest BCUT2D eigenvalue weighted by Crippen LogP contribution is -2.42. The van der Waals surface area contributed by atoms with Crippen molar-refractivity contribution in [2.45, 2.75) is 73.0 Å². The Kier molecular flexibility index (Phi) is 11.5. The molecule has 190 valence electrons. The van der Waals surface area contributed by atoms with Crippen molar-refractivity contribution in [3.05, 3.63) is 23.8 Å². The second-order valence-electron chi connectivity index (χ2n) is 8.97. The van der Waals surface area contributed by atoms with Crippen LogP contribution in [0.25, 0.3) is 0 Å². The van der Waals surface area contributed by atoms with Gasteiger partial charge in [-0.25, -0.2) is 4.79 Å². The predicted molar refractivity (Wildman–Crippen MR) is 123 cm³/mol. The summed E-state index contributed by atoms with van der Waals surface area (Å²) in [6.45, 7) is 10.9. The SMILES string of the molecule is CCC(=O)Oc1ccc(C[C@H](NCC(C)OC(=O)OCC(C)(C)C)C(=O)O)cc1OC(=O)CC. The molecule has 1 rings (SSSR count). The van der Waals surface area contributed by atoms with Gasteiger partial charge in [0, 0.05) is 19.4 Å². The van der Waals surface area contributed by atoms with Gasteiger partial charge < -0.3 is 29.4 Å². The van der Waals surface area contributed by atoms with Crippen LogP contribution in [-0.4, -0.2) is 54.5 Å². The lowest BCUT2D eigenvalue weighted by Gasteiger charge is -2.21. The summed E-state index contributed by atoms with van der Waals surface area (Å²) in [5, 5.41) is 12.5.